The smallest absolute Gasteiger partial charge is 0.169 e. The summed E-state index contributed by atoms with van der Waals surface area (Å²) < 4.78 is 24.1. The zero-order valence-electron chi connectivity index (χ0n) is 10.6. The van der Waals surface area contributed by atoms with Crippen molar-refractivity contribution in [2.75, 3.05) is 27.3 Å². The maximum atomic E-state index is 13.7. The molecule has 4 nitrogen and oxygen atoms in total. The van der Waals surface area contributed by atoms with Crippen molar-refractivity contribution in [3.8, 4) is 17.2 Å². The van der Waals surface area contributed by atoms with E-state index in [1.54, 1.807) is 0 Å². The zero-order valence-corrected chi connectivity index (χ0v) is 10.6. The topological polar surface area (TPSA) is 50.7 Å². The van der Waals surface area contributed by atoms with Gasteiger partial charge in [0.2, 0.25) is 0 Å². The number of aromatic hydroxyl groups is 1. The molecule has 2 N–H and O–H groups in total. The summed E-state index contributed by atoms with van der Waals surface area (Å²) >= 11 is 0. The lowest BCUT2D eigenvalue weighted by molar-refractivity contribution is 0.328. The fourth-order valence-electron chi connectivity index (χ4n) is 2.47. The van der Waals surface area contributed by atoms with Gasteiger partial charge < -0.3 is 19.9 Å². The van der Waals surface area contributed by atoms with Crippen LogP contribution in [-0.2, 0) is 0 Å². The zero-order chi connectivity index (χ0) is 13.1. The van der Waals surface area contributed by atoms with Crippen LogP contribution in [0.3, 0.4) is 0 Å². The summed E-state index contributed by atoms with van der Waals surface area (Å²) in [5, 5.41) is 13.2. The number of halogens is 1. The lowest BCUT2D eigenvalue weighted by Crippen LogP contribution is -2.27. The number of benzene rings is 1. The molecule has 0 aliphatic carbocycles. The number of nitrogens with one attached hydrogen (secondary N) is 1. The van der Waals surface area contributed by atoms with E-state index in [2.05, 4.69) is 5.32 Å². The number of methoxy groups -OCH3 is 2. The molecule has 0 aromatic heterocycles. The van der Waals surface area contributed by atoms with Crippen molar-refractivity contribution in [1.29, 1.82) is 0 Å². The third-order valence-electron chi connectivity index (χ3n) is 3.38. The van der Waals surface area contributed by atoms with Gasteiger partial charge in [-0.15, -0.1) is 0 Å². The Morgan fingerprint density at radius 3 is 2.50 bits per heavy atom. The van der Waals surface area contributed by atoms with Crippen molar-refractivity contribution in [2.45, 2.75) is 18.8 Å². The molecule has 1 aromatic rings. The molecule has 0 atom stereocenters. The minimum Gasteiger partial charge on any atom is -0.505 e. The summed E-state index contributed by atoms with van der Waals surface area (Å²) in [6.45, 7) is 1.71. The second kappa shape index (κ2) is 5.44. The SMILES string of the molecule is COc1cc(F)c(O)c(C2CCNCC2)c1OC. The second-order valence-corrected chi connectivity index (χ2v) is 4.38. The van der Waals surface area contributed by atoms with Crippen LogP contribution in [0.4, 0.5) is 4.39 Å². The Bertz CT molecular complexity index is 431. The van der Waals surface area contributed by atoms with Crippen molar-refractivity contribution < 1.29 is 19.0 Å². The number of piperidine rings is 1. The van der Waals surface area contributed by atoms with E-state index in [1.807, 2.05) is 0 Å². The summed E-state index contributed by atoms with van der Waals surface area (Å²) in [5.41, 5.74) is 0.524. The van der Waals surface area contributed by atoms with Crippen molar-refractivity contribution in [3.63, 3.8) is 0 Å². The lowest BCUT2D eigenvalue weighted by Gasteiger charge is -2.26. The summed E-state index contributed by atoms with van der Waals surface area (Å²) in [5.74, 6) is -0.142. The van der Waals surface area contributed by atoms with Gasteiger partial charge >= 0.3 is 0 Å². The first-order valence-corrected chi connectivity index (χ1v) is 6.03. The Morgan fingerprint density at radius 1 is 1.28 bits per heavy atom. The van der Waals surface area contributed by atoms with Gasteiger partial charge in [0.05, 0.1) is 14.2 Å². The van der Waals surface area contributed by atoms with E-state index in [-0.39, 0.29) is 11.7 Å². The fraction of sp³-hybridized carbons (Fsp3) is 0.538. The fourth-order valence-corrected chi connectivity index (χ4v) is 2.47. The summed E-state index contributed by atoms with van der Waals surface area (Å²) in [4.78, 5) is 0. The first-order valence-electron chi connectivity index (χ1n) is 6.03. The minimum absolute atomic E-state index is 0.0887. The van der Waals surface area contributed by atoms with Gasteiger partial charge in [0.15, 0.2) is 23.1 Å². The molecule has 100 valence electrons. The molecule has 1 fully saturated rings. The average molecular weight is 255 g/mol. The molecular formula is C13H18FNO3. The monoisotopic (exact) mass is 255 g/mol. The molecule has 1 aromatic carbocycles. The number of hydrogen-bond donors (Lipinski definition) is 2. The average Bonchev–Trinajstić information content (AvgIpc) is 2.42. The first-order chi connectivity index (χ1) is 8.69. The normalized spacial score (nSPS) is 16.6. The first kappa shape index (κ1) is 13.0. The standard InChI is InChI=1S/C13H18FNO3/c1-17-10-7-9(14)12(16)11(13(10)18-2)8-3-5-15-6-4-8/h7-8,15-16H,3-6H2,1-2H3. The molecule has 1 aliphatic heterocycles. The predicted octanol–water partition coefficient (Wildman–Crippen LogP) is 2.02. The van der Waals surface area contributed by atoms with E-state index >= 15 is 0 Å². The molecule has 0 radical (unpaired) electrons. The molecule has 1 saturated heterocycles. The predicted molar refractivity (Wildman–Crippen MR) is 66.0 cm³/mol. The van der Waals surface area contributed by atoms with E-state index in [4.69, 9.17) is 9.47 Å². The van der Waals surface area contributed by atoms with Crippen LogP contribution in [0.2, 0.25) is 0 Å². The van der Waals surface area contributed by atoms with Crippen LogP contribution in [0.15, 0.2) is 6.07 Å². The Kier molecular flexibility index (Phi) is 3.91. The van der Waals surface area contributed by atoms with E-state index < -0.39 is 5.82 Å². The lowest BCUT2D eigenvalue weighted by atomic mass is 9.88. The molecule has 1 heterocycles. The van der Waals surface area contributed by atoms with Crippen LogP contribution >= 0.6 is 0 Å². The molecule has 2 rings (SSSR count). The van der Waals surface area contributed by atoms with Crippen LogP contribution in [0.5, 0.6) is 17.2 Å². The van der Waals surface area contributed by atoms with Gasteiger partial charge in [0.1, 0.15) is 0 Å². The Morgan fingerprint density at radius 2 is 1.94 bits per heavy atom. The van der Waals surface area contributed by atoms with Crippen LogP contribution in [0, 0.1) is 5.82 Å². The van der Waals surface area contributed by atoms with Gasteiger partial charge in [0.25, 0.3) is 0 Å². The van der Waals surface area contributed by atoms with Crippen LogP contribution in [0.25, 0.3) is 0 Å². The number of ether oxygens (including phenoxy) is 2. The maximum absolute atomic E-state index is 13.7. The van der Waals surface area contributed by atoms with Crippen LogP contribution in [-0.4, -0.2) is 32.4 Å². The van der Waals surface area contributed by atoms with Gasteiger partial charge in [-0.3, -0.25) is 0 Å². The molecule has 0 unspecified atom stereocenters. The van der Waals surface area contributed by atoms with Crippen LogP contribution < -0.4 is 14.8 Å². The number of hydrogen-bond acceptors (Lipinski definition) is 4. The second-order valence-electron chi connectivity index (χ2n) is 4.38. The highest BCUT2D eigenvalue weighted by molar-refractivity contribution is 5.56. The van der Waals surface area contributed by atoms with Gasteiger partial charge in [-0.2, -0.15) is 0 Å². The van der Waals surface area contributed by atoms with Crippen molar-refractivity contribution in [1.82, 2.24) is 5.32 Å². The minimum atomic E-state index is -0.666. The van der Waals surface area contributed by atoms with Gasteiger partial charge in [-0.1, -0.05) is 0 Å². The van der Waals surface area contributed by atoms with Crippen molar-refractivity contribution in [3.05, 3.63) is 17.4 Å². The van der Waals surface area contributed by atoms with Crippen LogP contribution in [0.1, 0.15) is 24.3 Å². The highest BCUT2D eigenvalue weighted by atomic mass is 19.1. The van der Waals surface area contributed by atoms with Crippen molar-refractivity contribution >= 4 is 0 Å². The van der Waals surface area contributed by atoms with Gasteiger partial charge in [0, 0.05) is 11.6 Å². The summed E-state index contributed by atoms with van der Waals surface area (Å²) in [6, 6.07) is 1.15. The maximum Gasteiger partial charge on any atom is 0.169 e. The van der Waals surface area contributed by atoms with E-state index in [0.29, 0.717) is 17.1 Å². The molecular weight excluding hydrogens is 237 g/mol. The third kappa shape index (κ3) is 2.22. The molecule has 0 bridgehead atoms. The van der Waals surface area contributed by atoms with Crippen molar-refractivity contribution in [2.24, 2.45) is 0 Å². The number of rotatable bonds is 3. The Labute approximate surface area is 106 Å². The highest BCUT2D eigenvalue weighted by Crippen LogP contribution is 2.45. The quantitative estimate of drug-likeness (QED) is 0.867. The molecule has 0 spiro atoms. The highest BCUT2D eigenvalue weighted by Gasteiger charge is 2.27. The molecule has 0 saturated carbocycles. The van der Waals surface area contributed by atoms with Gasteiger partial charge in [-0.05, 0) is 31.8 Å². The summed E-state index contributed by atoms with van der Waals surface area (Å²) in [6.07, 6.45) is 1.69. The van der Waals surface area contributed by atoms with E-state index in [0.717, 1.165) is 32.0 Å². The Hall–Kier alpha value is -1.49. The molecule has 1 aliphatic rings. The number of phenols is 1. The number of phenolic OH excluding ortho intramolecular Hbond substituents is 1. The van der Waals surface area contributed by atoms with Gasteiger partial charge in [-0.25, -0.2) is 4.39 Å². The third-order valence-corrected chi connectivity index (χ3v) is 3.38. The van der Waals surface area contributed by atoms with E-state index in [9.17, 15) is 9.50 Å². The summed E-state index contributed by atoms with van der Waals surface area (Å²) in [7, 11) is 2.96. The molecule has 18 heavy (non-hydrogen) atoms. The Balaban J connectivity index is 2.51. The van der Waals surface area contributed by atoms with E-state index in [1.165, 1.54) is 14.2 Å². The molecule has 5 heteroatoms. The molecule has 0 amide bonds. The largest absolute Gasteiger partial charge is 0.505 e.